The molecule has 0 saturated heterocycles. The number of ether oxygens (including phenoxy) is 1. The Kier molecular flexibility index (Phi) is 2.66. The highest BCUT2D eigenvalue weighted by molar-refractivity contribution is 5.65. The first-order chi connectivity index (χ1) is 5.29. The average molecular weight is 154 g/mol. The van der Waals surface area contributed by atoms with E-state index in [4.69, 9.17) is 4.74 Å². The van der Waals surface area contributed by atoms with Gasteiger partial charge >= 0.3 is 5.97 Å². The molecule has 4 heteroatoms. The number of hydrogen-bond donors (Lipinski definition) is 0. The summed E-state index contributed by atoms with van der Waals surface area (Å²) < 4.78 is 6.58. The van der Waals surface area contributed by atoms with Crippen LogP contribution in [0.4, 0.5) is 0 Å². The molecule has 0 aliphatic carbocycles. The largest absolute Gasteiger partial charge is 0.464 e. The van der Waals surface area contributed by atoms with E-state index in [0.717, 1.165) is 0 Å². The van der Waals surface area contributed by atoms with Crippen LogP contribution in [0.2, 0.25) is 0 Å². The van der Waals surface area contributed by atoms with Crippen LogP contribution in [0.1, 0.15) is 6.92 Å². The second kappa shape index (κ2) is 3.75. The summed E-state index contributed by atoms with van der Waals surface area (Å²) in [5, 5.41) is 0. The fourth-order valence-corrected chi connectivity index (χ4v) is 0.714. The molecule has 0 bridgehead atoms. The number of esters is 1. The highest BCUT2D eigenvalue weighted by Crippen LogP contribution is 1.86. The minimum atomic E-state index is -0.245. The van der Waals surface area contributed by atoms with E-state index in [1.165, 1.54) is 6.92 Å². The van der Waals surface area contributed by atoms with Crippen LogP contribution >= 0.6 is 0 Å². The maximum atomic E-state index is 10.3. The summed E-state index contributed by atoms with van der Waals surface area (Å²) in [5.41, 5.74) is 0. The lowest BCUT2D eigenvalue weighted by molar-refractivity contribution is -0.141. The van der Waals surface area contributed by atoms with Gasteiger partial charge in [0.05, 0.1) is 12.9 Å². The van der Waals surface area contributed by atoms with Crippen LogP contribution in [0.5, 0.6) is 0 Å². The molecule has 11 heavy (non-hydrogen) atoms. The van der Waals surface area contributed by atoms with Crippen molar-refractivity contribution in [1.82, 2.24) is 9.55 Å². The van der Waals surface area contributed by atoms with Crippen LogP contribution < -0.4 is 0 Å². The minimum Gasteiger partial charge on any atom is -0.464 e. The van der Waals surface area contributed by atoms with Crippen molar-refractivity contribution in [2.75, 3.05) is 6.61 Å². The van der Waals surface area contributed by atoms with Crippen molar-refractivity contribution in [3.8, 4) is 0 Å². The second-order valence-electron chi connectivity index (χ2n) is 2.14. The number of carbonyl (C=O) groups is 1. The van der Waals surface area contributed by atoms with Crippen molar-refractivity contribution in [2.24, 2.45) is 0 Å². The second-order valence-corrected chi connectivity index (χ2v) is 2.14. The molecular formula is C7H10N2O2. The molecule has 4 nitrogen and oxygen atoms in total. The van der Waals surface area contributed by atoms with E-state index < -0.39 is 0 Å². The Morgan fingerprint density at radius 2 is 2.55 bits per heavy atom. The molecule has 0 spiro atoms. The van der Waals surface area contributed by atoms with Crippen molar-refractivity contribution in [3.63, 3.8) is 0 Å². The van der Waals surface area contributed by atoms with Crippen molar-refractivity contribution >= 4 is 5.97 Å². The predicted octanol–water partition coefficient (Wildman–Crippen LogP) is 0.446. The third-order valence-corrected chi connectivity index (χ3v) is 1.21. The van der Waals surface area contributed by atoms with Gasteiger partial charge in [0.15, 0.2) is 0 Å². The van der Waals surface area contributed by atoms with E-state index in [0.29, 0.717) is 13.2 Å². The molecule has 0 fully saturated rings. The Morgan fingerprint density at radius 3 is 3.09 bits per heavy atom. The van der Waals surface area contributed by atoms with E-state index in [-0.39, 0.29) is 5.97 Å². The number of hydrogen-bond acceptors (Lipinski definition) is 3. The molecule has 0 radical (unpaired) electrons. The third kappa shape index (κ3) is 2.84. The fraction of sp³-hybridized carbons (Fsp3) is 0.429. The molecule has 1 aromatic rings. The lowest BCUT2D eigenvalue weighted by Crippen LogP contribution is -2.07. The number of rotatable bonds is 3. The number of imidazole rings is 1. The van der Waals surface area contributed by atoms with Gasteiger partial charge in [0.2, 0.25) is 0 Å². The maximum absolute atomic E-state index is 10.3. The zero-order chi connectivity index (χ0) is 8.10. The van der Waals surface area contributed by atoms with Gasteiger partial charge in [-0.2, -0.15) is 0 Å². The van der Waals surface area contributed by atoms with Crippen molar-refractivity contribution < 1.29 is 9.53 Å². The van der Waals surface area contributed by atoms with Gasteiger partial charge in [0.25, 0.3) is 0 Å². The van der Waals surface area contributed by atoms with Crippen molar-refractivity contribution in [3.05, 3.63) is 18.7 Å². The average Bonchev–Trinajstić information content (AvgIpc) is 2.39. The Balaban J connectivity index is 2.19. The van der Waals surface area contributed by atoms with E-state index >= 15 is 0 Å². The summed E-state index contributed by atoms with van der Waals surface area (Å²) >= 11 is 0. The smallest absolute Gasteiger partial charge is 0.302 e. The molecule has 0 atom stereocenters. The van der Waals surface area contributed by atoms with Gasteiger partial charge in [-0.15, -0.1) is 0 Å². The predicted molar refractivity (Wildman–Crippen MR) is 38.9 cm³/mol. The minimum absolute atomic E-state index is 0.245. The summed E-state index contributed by atoms with van der Waals surface area (Å²) in [6.45, 7) is 2.47. The molecule has 1 aromatic heterocycles. The zero-order valence-corrected chi connectivity index (χ0v) is 6.36. The number of nitrogens with zero attached hydrogens (tertiary/aromatic N) is 2. The van der Waals surface area contributed by atoms with E-state index in [1.807, 2.05) is 10.8 Å². The molecule has 0 aliphatic rings. The molecule has 0 saturated carbocycles. The summed E-state index contributed by atoms with van der Waals surface area (Å²) in [5.74, 6) is -0.245. The van der Waals surface area contributed by atoms with Gasteiger partial charge in [-0.05, 0) is 0 Å². The Hall–Kier alpha value is -1.32. The van der Waals surface area contributed by atoms with Crippen molar-refractivity contribution in [1.29, 1.82) is 0 Å². The quantitative estimate of drug-likeness (QED) is 0.593. The van der Waals surface area contributed by atoms with Crippen LogP contribution in [0.25, 0.3) is 0 Å². The molecule has 0 aliphatic heterocycles. The number of aromatic nitrogens is 2. The monoisotopic (exact) mass is 154 g/mol. The Bertz CT molecular complexity index is 218. The summed E-state index contributed by atoms with van der Waals surface area (Å²) in [6, 6.07) is 0. The highest BCUT2D eigenvalue weighted by atomic mass is 16.5. The SMILES string of the molecule is CC(=O)OCCn1ccnc1. The van der Waals surface area contributed by atoms with Crippen LogP contribution in [0, 0.1) is 0 Å². The molecule has 0 amide bonds. The van der Waals surface area contributed by atoms with Crippen LogP contribution in [-0.2, 0) is 16.1 Å². The first-order valence-electron chi connectivity index (χ1n) is 3.38. The molecule has 1 heterocycles. The van der Waals surface area contributed by atoms with E-state index in [9.17, 15) is 4.79 Å². The first kappa shape index (κ1) is 7.78. The molecule has 60 valence electrons. The van der Waals surface area contributed by atoms with Gasteiger partial charge in [0.1, 0.15) is 6.61 Å². The fourth-order valence-electron chi connectivity index (χ4n) is 0.714. The van der Waals surface area contributed by atoms with Gasteiger partial charge in [-0.25, -0.2) is 4.98 Å². The molecular weight excluding hydrogens is 144 g/mol. The topological polar surface area (TPSA) is 44.1 Å². The summed E-state index contributed by atoms with van der Waals surface area (Å²) in [4.78, 5) is 14.2. The van der Waals surface area contributed by atoms with Gasteiger partial charge in [-0.1, -0.05) is 0 Å². The van der Waals surface area contributed by atoms with Crippen LogP contribution in [0.15, 0.2) is 18.7 Å². The standard InChI is InChI=1S/C7H10N2O2/c1-7(10)11-5-4-9-3-2-8-6-9/h2-3,6H,4-5H2,1H3. The van der Waals surface area contributed by atoms with E-state index in [1.54, 1.807) is 12.5 Å². The maximum Gasteiger partial charge on any atom is 0.302 e. The molecule has 0 aromatic carbocycles. The number of carbonyl (C=O) groups excluding carboxylic acids is 1. The van der Waals surface area contributed by atoms with Gasteiger partial charge < -0.3 is 9.30 Å². The van der Waals surface area contributed by atoms with Crippen LogP contribution in [-0.4, -0.2) is 22.1 Å². The summed E-state index contributed by atoms with van der Waals surface area (Å²) in [7, 11) is 0. The van der Waals surface area contributed by atoms with E-state index in [2.05, 4.69) is 4.98 Å². The lowest BCUT2D eigenvalue weighted by Gasteiger charge is -2.01. The van der Waals surface area contributed by atoms with Gasteiger partial charge in [-0.3, -0.25) is 4.79 Å². The zero-order valence-electron chi connectivity index (χ0n) is 6.36. The normalized spacial score (nSPS) is 9.55. The molecule has 1 rings (SSSR count). The highest BCUT2D eigenvalue weighted by Gasteiger charge is 1.92. The summed E-state index contributed by atoms with van der Waals surface area (Å²) in [6.07, 6.45) is 5.20. The molecule has 0 N–H and O–H groups in total. The first-order valence-corrected chi connectivity index (χ1v) is 3.38. The van der Waals surface area contributed by atoms with Crippen molar-refractivity contribution in [2.45, 2.75) is 13.5 Å². The van der Waals surface area contributed by atoms with Gasteiger partial charge in [0, 0.05) is 19.3 Å². The third-order valence-electron chi connectivity index (χ3n) is 1.21. The van der Waals surface area contributed by atoms with Crippen LogP contribution in [0.3, 0.4) is 0 Å². The molecule has 0 unspecified atom stereocenters. The Morgan fingerprint density at radius 1 is 1.73 bits per heavy atom. The lowest BCUT2D eigenvalue weighted by atomic mass is 10.6. The Labute approximate surface area is 64.8 Å².